The fraction of sp³-hybridized carbons (Fsp3) is 0.362. The third kappa shape index (κ3) is 22.0. The maximum Gasteiger partial charge on any atom is 0.322 e. The topological polar surface area (TPSA) is 468 Å². The predicted molar refractivity (Wildman–Crippen MR) is 336 cm³/mol. The van der Waals surface area contributed by atoms with E-state index in [2.05, 4.69) is 58.2 Å². The van der Waals surface area contributed by atoms with Gasteiger partial charge >= 0.3 is 18.0 Å². The lowest BCUT2D eigenvalue weighted by molar-refractivity contribution is -0.138. The molecule has 5 aromatic rings. The fourth-order valence-corrected chi connectivity index (χ4v) is 11.7. The Morgan fingerprint density at radius 1 is 0.663 bits per heavy atom. The number of aliphatic carboxylic acids is 1. The lowest BCUT2D eigenvalue weighted by atomic mass is 10.0. The number of primary amides is 2. The molecule has 6 rings (SSSR count). The molecular formula is C58H72ClN15O13S2. The number of urea groups is 2. The molecule has 4 aromatic carbocycles. The molecule has 31 heteroatoms. The van der Waals surface area contributed by atoms with Crippen molar-refractivity contribution in [2.24, 2.45) is 22.9 Å². The molecule has 1 fully saturated rings. The van der Waals surface area contributed by atoms with E-state index in [0.717, 1.165) is 21.6 Å². The second-order valence-electron chi connectivity index (χ2n) is 20.8. The molecule has 12 amide bonds. The minimum atomic E-state index is -1.82. The molecule has 476 valence electrons. The predicted octanol–water partition coefficient (Wildman–Crippen LogP) is -0.100. The zero-order valence-electron chi connectivity index (χ0n) is 48.2. The van der Waals surface area contributed by atoms with Crippen LogP contribution in [0.2, 0.25) is 5.02 Å². The number of nitrogens with two attached hydrogens (primary N) is 4. The van der Waals surface area contributed by atoms with Gasteiger partial charge in [0, 0.05) is 64.3 Å². The van der Waals surface area contributed by atoms with E-state index in [1.54, 1.807) is 66.9 Å². The Balaban J connectivity index is 1.42. The van der Waals surface area contributed by atoms with Crippen molar-refractivity contribution in [1.82, 2.24) is 47.5 Å². The molecule has 0 bridgehead atoms. The van der Waals surface area contributed by atoms with E-state index in [4.69, 9.17) is 34.5 Å². The number of amides is 12. The number of para-hydroxylation sites is 1. The molecule has 0 radical (unpaired) electrons. The second-order valence-corrected chi connectivity index (χ2v) is 23.8. The molecule has 0 unspecified atom stereocenters. The molecular weight excluding hydrogens is 1210 g/mol. The maximum atomic E-state index is 15.0. The van der Waals surface area contributed by atoms with Crippen LogP contribution < -0.4 is 76.1 Å². The standard InChI is InChI=1S/C58H72ClN15O13S2/c1-30(75)48-56(85)73-46(55(84)69-42(50(79)65-27-47(76)77)23-32-11-17-36(18-12-32)66-57(62)86)29-89-88-28-45(72-49(78)39(61)22-31-9-15-35(59)16-10-31)54(83)70-43(24-33-13-19-37(20-14-33)67-58(63)87)52(81)71-44(25-34-26-64-40-7-3-2-6-38(34)40)53(82)68-41(51(80)74-48)8-4-5-21-60/h2-3,6-7,9-20,26,30,39,41-46,48,64,75H,4-5,8,21-25,27-29,60-61H2,1H3,(H,65,79)(H,68,82)(H,69,84)(H,70,83)(H,71,81)(H,72,78)(H,73,85)(H,74,80)(H,76,77)(H3,62,66,86)(H3,63,67,87)/t30-,39+,41+,42-,43+,44-,45-,46+,48+/m1/s1. The van der Waals surface area contributed by atoms with Crippen LogP contribution in [0, 0.1) is 0 Å². The van der Waals surface area contributed by atoms with Gasteiger partial charge in [-0.05, 0) is 104 Å². The lowest BCUT2D eigenvalue weighted by Crippen LogP contribution is -2.62. The Hall–Kier alpha value is -8.94. The van der Waals surface area contributed by atoms with E-state index >= 15 is 4.79 Å². The number of anilines is 2. The molecule has 9 atom stereocenters. The van der Waals surface area contributed by atoms with Crippen LogP contribution >= 0.6 is 33.2 Å². The zero-order chi connectivity index (χ0) is 64.7. The minimum Gasteiger partial charge on any atom is -0.480 e. The number of aliphatic hydroxyl groups excluding tert-OH is 1. The number of carboxylic acid groups (broad SMARTS) is 1. The largest absolute Gasteiger partial charge is 0.480 e. The van der Waals surface area contributed by atoms with Crippen LogP contribution in [0.4, 0.5) is 21.0 Å². The first-order chi connectivity index (χ1) is 42.5. The van der Waals surface area contributed by atoms with Crippen LogP contribution in [0.25, 0.3) is 10.9 Å². The number of aliphatic hydroxyl groups is 1. The van der Waals surface area contributed by atoms with Gasteiger partial charge in [-0.1, -0.05) is 87.8 Å². The van der Waals surface area contributed by atoms with Crippen molar-refractivity contribution in [2.45, 2.75) is 106 Å². The monoisotopic (exact) mass is 1290 g/mol. The Kier molecular flexibility index (Phi) is 26.4. The first-order valence-electron chi connectivity index (χ1n) is 28.1. The van der Waals surface area contributed by atoms with Crippen molar-refractivity contribution < 1.29 is 63.0 Å². The van der Waals surface area contributed by atoms with Crippen LogP contribution in [0.5, 0.6) is 0 Å². The van der Waals surface area contributed by atoms with Crippen LogP contribution in [-0.4, -0.2) is 160 Å². The first-order valence-corrected chi connectivity index (χ1v) is 30.9. The number of benzene rings is 4. The molecule has 1 saturated heterocycles. The number of aromatic nitrogens is 1. The van der Waals surface area contributed by atoms with Gasteiger partial charge < -0.3 is 91.3 Å². The summed E-state index contributed by atoms with van der Waals surface area (Å²) in [4.78, 5) is 154. The number of rotatable bonds is 22. The van der Waals surface area contributed by atoms with Gasteiger partial charge in [0.2, 0.25) is 47.3 Å². The number of carbonyl (C=O) groups excluding carboxylic acids is 10. The average molecular weight is 1290 g/mol. The van der Waals surface area contributed by atoms with E-state index in [1.165, 1.54) is 43.3 Å². The molecule has 0 spiro atoms. The van der Waals surface area contributed by atoms with E-state index in [9.17, 15) is 58.2 Å². The number of fused-ring (bicyclic) bond motifs is 1. The SMILES string of the molecule is C[C@@H](O)[C@@H]1NC(=O)[C@H](CCCCN)NC(=O)[C@@H](Cc2c[nH]c3ccccc23)NC(=O)[C@H](Cc2ccc(NC(N)=O)cc2)NC(=O)[C@H](NC(=O)[C@@H](N)Cc2ccc(Cl)cc2)CSSC[C@@H](C(=O)N[C@H](Cc2ccc(NC(N)=O)cc2)C(=O)NCC(=O)O)NC1=O. The highest BCUT2D eigenvalue weighted by Crippen LogP contribution is 2.25. The van der Waals surface area contributed by atoms with Crippen molar-refractivity contribution in [3.05, 3.63) is 131 Å². The van der Waals surface area contributed by atoms with Crippen molar-refractivity contribution in [1.29, 1.82) is 0 Å². The Morgan fingerprint density at radius 2 is 1.22 bits per heavy atom. The molecule has 0 aliphatic carbocycles. The van der Waals surface area contributed by atoms with E-state index in [1.807, 2.05) is 0 Å². The van der Waals surface area contributed by atoms with E-state index in [-0.39, 0.29) is 56.6 Å². The highest BCUT2D eigenvalue weighted by molar-refractivity contribution is 8.76. The Bertz CT molecular complexity index is 3320. The van der Waals surface area contributed by atoms with Gasteiger partial charge in [0.1, 0.15) is 48.8 Å². The Labute approximate surface area is 523 Å². The Morgan fingerprint density at radius 3 is 1.84 bits per heavy atom. The van der Waals surface area contributed by atoms with E-state index in [0.29, 0.717) is 56.0 Å². The number of aromatic amines is 1. The molecule has 1 aliphatic heterocycles. The third-order valence-corrected chi connectivity index (χ3v) is 16.6. The van der Waals surface area contributed by atoms with E-state index < -0.39 is 126 Å². The third-order valence-electron chi connectivity index (χ3n) is 13.9. The summed E-state index contributed by atoms with van der Waals surface area (Å²) in [5.41, 5.74) is 26.2. The molecule has 89 heavy (non-hydrogen) atoms. The minimum absolute atomic E-state index is 0.00381. The van der Waals surface area contributed by atoms with Crippen molar-refractivity contribution in [3.63, 3.8) is 0 Å². The number of nitrogens with one attached hydrogen (secondary N) is 11. The summed E-state index contributed by atoms with van der Waals surface area (Å²) in [5, 5.41) is 47.3. The summed E-state index contributed by atoms with van der Waals surface area (Å²) in [6.45, 7) is 0.536. The van der Waals surface area contributed by atoms with Gasteiger partial charge in [0.25, 0.3) is 0 Å². The first kappa shape index (κ1) is 69.2. The van der Waals surface area contributed by atoms with Gasteiger partial charge in [0.05, 0.1) is 12.1 Å². The zero-order valence-corrected chi connectivity index (χ0v) is 50.6. The van der Waals surface area contributed by atoms with Crippen molar-refractivity contribution in [3.8, 4) is 0 Å². The van der Waals surface area contributed by atoms with Crippen LogP contribution in [0.1, 0.15) is 48.4 Å². The number of hydrogen-bond acceptors (Lipinski definition) is 16. The average Bonchev–Trinajstić information content (AvgIpc) is 4.16. The highest BCUT2D eigenvalue weighted by atomic mass is 35.5. The van der Waals surface area contributed by atoms with Crippen molar-refractivity contribution >= 4 is 121 Å². The maximum absolute atomic E-state index is 15.0. The number of hydrogen-bond donors (Lipinski definition) is 17. The summed E-state index contributed by atoms with van der Waals surface area (Å²) in [7, 11) is 1.81. The van der Waals surface area contributed by atoms with Gasteiger partial charge in [-0.25, -0.2) is 9.59 Å². The summed E-state index contributed by atoms with van der Waals surface area (Å²) >= 11 is 6.10. The summed E-state index contributed by atoms with van der Waals surface area (Å²) in [6.07, 6.45) is -0.149. The molecule has 28 nitrogen and oxygen atoms in total. The second kappa shape index (κ2) is 34.0. The number of halogens is 1. The molecule has 21 N–H and O–H groups in total. The van der Waals surface area contributed by atoms with Gasteiger partial charge in [-0.15, -0.1) is 0 Å². The fourth-order valence-electron chi connectivity index (χ4n) is 9.25. The quantitative estimate of drug-likeness (QED) is 0.0318. The summed E-state index contributed by atoms with van der Waals surface area (Å²) < 4.78 is 0. The van der Waals surface area contributed by atoms with Crippen LogP contribution in [0.3, 0.4) is 0 Å². The lowest BCUT2D eigenvalue weighted by Gasteiger charge is -2.29. The van der Waals surface area contributed by atoms with Crippen molar-refractivity contribution in [2.75, 3.05) is 35.2 Å². The number of unbranched alkanes of at least 4 members (excludes halogenated alkanes) is 1. The number of H-pyrrole nitrogens is 1. The smallest absolute Gasteiger partial charge is 0.322 e. The normalized spacial score (nSPS) is 19.9. The van der Waals surface area contributed by atoms with Crippen LogP contribution in [-0.2, 0) is 68.8 Å². The summed E-state index contributed by atoms with van der Waals surface area (Å²) in [6, 6.07) is 11.9. The molecule has 2 heterocycles. The molecule has 1 aliphatic rings. The number of carboxylic acids is 1. The van der Waals surface area contributed by atoms with Crippen LogP contribution in [0.15, 0.2) is 103 Å². The van der Waals surface area contributed by atoms with Gasteiger partial charge in [-0.2, -0.15) is 0 Å². The number of carbonyl (C=O) groups is 11. The molecule has 0 saturated carbocycles. The molecule has 1 aromatic heterocycles. The van der Waals surface area contributed by atoms with Gasteiger partial charge in [0.15, 0.2) is 0 Å². The summed E-state index contributed by atoms with van der Waals surface area (Å²) in [5.74, 6) is -9.66. The van der Waals surface area contributed by atoms with Gasteiger partial charge in [-0.3, -0.25) is 43.2 Å². The highest BCUT2D eigenvalue weighted by Gasteiger charge is 2.37.